The van der Waals surface area contributed by atoms with E-state index in [1.54, 1.807) is 31.5 Å². The van der Waals surface area contributed by atoms with Gasteiger partial charge in [0.25, 0.3) is 5.91 Å². The highest BCUT2D eigenvalue weighted by molar-refractivity contribution is 5.88. The Hall–Kier alpha value is -5.63. The molecule has 3 rings (SSSR count). The molecule has 2 aromatic carbocycles. The fraction of sp³-hybridized carbons (Fsp3) is 0.444. The summed E-state index contributed by atoms with van der Waals surface area (Å²) in [7, 11) is 0. The van der Waals surface area contributed by atoms with Gasteiger partial charge in [-0.1, -0.05) is 51.1 Å². The number of alkyl halides is 3. The molecule has 3 aromatic rings. The number of hydrogen-bond acceptors (Lipinski definition) is 9. The van der Waals surface area contributed by atoms with Crippen molar-refractivity contribution in [3.63, 3.8) is 0 Å². The zero-order valence-electron chi connectivity index (χ0n) is 31.4. The van der Waals surface area contributed by atoms with Gasteiger partial charge in [-0.05, 0) is 56.4 Å². The van der Waals surface area contributed by atoms with Gasteiger partial charge in [-0.3, -0.25) is 19.4 Å². The van der Waals surface area contributed by atoms with Gasteiger partial charge in [0.15, 0.2) is 0 Å². The summed E-state index contributed by atoms with van der Waals surface area (Å²) < 4.78 is 68.0. The van der Waals surface area contributed by atoms with Crippen molar-refractivity contribution in [3.05, 3.63) is 77.8 Å². The Kier molecular flexibility index (Phi) is 16.0. The zero-order valence-corrected chi connectivity index (χ0v) is 31.4. The molecule has 56 heavy (non-hydrogen) atoms. The number of rotatable bonds is 13. The van der Waals surface area contributed by atoms with Crippen molar-refractivity contribution in [2.45, 2.75) is 78.4 Å². The summed E-state index contributed by atoms with van der Waals surface area (Å²) in [6, 6.07) is 9.85. The van der Waals surface area contributed by atoms with Crippen LogP contribution in [0, 0.1) is 17.0 Å². The average molecular weight is 801 g/mol. The van der Waals surface area contributed by atoms with Gasteiger partial charge in [-0.15, -0.1) is 0 Å². The summed E-state index contributed by atoms with van der Waals surface area (Å²) in [6.07, 6.45) is -4.80. The molecule has 2 atom stereocenters. The Bertz CT molecular complexity index is 1840. The van der Waals surface area contributed by atoms with E-state index in [2.05, 4.69) is 5.32 Å². The number of benzene rings is 2. The molecule has 1 aromatic heterocycles. The minimum atomic E-state index is -5.08. The second kappa shape index (κ2) is 19.3. The number of imidazole rings is 1. The van der Waals surface area contributed by atoms with Gasteiger partial charge in [-0.2, -0.15) is 13.2 Å². The van der Waals surface area contributed by atoms with Gasteiger partial charge in [-0.25, -0.2) is 29.2 Å². The SMILES string of the molecule is CC(C)(C)OC(=O)N[C@@H](CCN(C(=O)CO)[C@@H](c1nc(-c2cc(F)ccc2F)cn1Cc1ccccc1)C(C)(C)C)C(=O)N(N)CC(=O)O.O=C(O)C(F)(F)F. The van der Waals surface area contributed by atoms with Crippen LogP contribution in [0.15, 0.2) is 54.7 Å². The summed E-state index contributed by atoms with van der Waals surface area (Å²) in [5.41, 5.74) is -0.917. The number of hydrogen-bond donors (Lipinski definition) is 5. The van der Waals surface area contributed by atoms with Gasteiger partial charge < -0.3 is 34.8 Å². The van der Waals surface area contributed by atoms with Crippen LogP contribution in [0.25, 0.3) is 11.3 Å². The van der Waals surface area contributed by atoms with Gasteiger partial charge in [0.05, 0.1) is 11.7 Å². The van der Waals surface area contributed by atoms with Crippen molar-refractivity contribution in [1.82, 2.24) is 24.8 Å². The molecule has 0 bridgehead atoms. The van der Waals surface area contributed by atoms with Crippen LogP contribution >= 0.6 is 0 Å². The molecule has 0 fully saturated rings. The lowest BCUT2D eigenvalue weighted by atomic mass is 9.84. The highest BCUT2D eigenvalue weighted by Gasteiger charge is 2.40. The number of carboxylic acid groups (broad SMARTS) is 2. The van der Waals surface area contributed by atoms with Gasteiger partial charge >= 0.3 is 24.2 Å². The lowest BCUT2D eigenvalue weighted by Crippen LogP contribution is -2.54. The number of carboxylic acids is 2. The fourth-order valence-electron chi connectivity index (χ4n) is 5.26. The van der Waals surface area contributed by atoms with E-state index in [4.69, 9.17) is 25.5 Å². The van der Waals surface area contributed by atoms with E-state index in [1.807, 2.05) is 51.1 Å². The predicted octanol–water partition coefficient (Wildman–Crippen LogP) is 4.49. The maximum Gasteiger partial charge on any atom is 0.490 e. The van der Waals surface area contributed by atoms with E-state index < -0.39 is 83.9 Å². The van der Waals surface area contributed by atoms with E-state index in [1.165, 1.54) is 4.90 Å². The number of aliphatic hydroxyl groups excluding tert-OH is 1. The number of carbonyl (C=O) groups is 5. The number of amides is 3. The minimum absolute atomic E-state index is 0.0978. The molecule has 3 amide bonds. The highest BCUT2D eigenvalue weighted by Crippen LogP contribution is 2.39. The number of aliphatic carboxylic acids is 2. The number of halogens is 5. The Morgan fingerprint density at radius 1 is 0.964 bits per heavy atom. The van der Waals surface area contributed by atoms with Crippen molar-refractivity contribution in [3.8, 4) is 11.3 Å². The average Bonchev–Trinajstić information content (AvgIpc) is 3.46. The molecule has 0 aliphatic rings. The van der Waals surface area contributed by atoms with Crippen LogP contribution in [0.2, 0.25) is 0 Å². The molecule has 0 aliphatic heterocycles. The van der Waals surface area contributed by atoms with E-state index in [9.17, 15) is 51.3 Å². The number of alkyl carbamates (subject to hydrolysis) is 1. The summed E-state index contributed by atoms with van der Waals surface area (Å²) in [5.74, 6) is -1.27. The van der Waals surface area contributed by atoms with E-state index in [0.717, 1.165) is 23.8 Å². The van der Waals surface area contributed by atoms with Crippen molar-refractivity contribution >= 4 is 29.8 Å². The van der Waals surface area contributed by atoms with Crippen LogP contribution in [0.3, 0.4) is 0 Å². The van der Waals surface area contributed by atoms with E-state index in [-0.39, 0.29) is 36.6 Å². The molecule has 0 spiro atoms. The summed E-state index contributed by atoms with van der Waals surface area (Å²) in [5, 5.41) is 29.3. The molecule has 20 heteroatoms. The minimum Gasteiger partial charge on any atom is -0.480 e. The molecule has 0 unspecified atom stereocenters. The predicted molar refractivity (Wildman–Crippen MR) is 189 cm³/mol. The van der Waals surface area contributed by atoms with Crippen molar-refractivity contribution in [2.75, 3.05) is 19.7 Å². The Labute approximate surface area is 318 Å². The third kappa shape index (κ3) is 14.2. The van der Waals surface area contributed by atoms with Gasteiger partial charge in [0.2, 0.25) is 5.91 Å². The zero-order chi connectivity index (χ0) is 42.8. The molecular weight excluding hydrogens is 755 g/mol. The standard InChI is InChI=1S/C34H44F2N6O7.C2HF3O2/c1-33(2,3)29(30-38-26(23-16-22(35)12-13-24(23)36)18-40(30)17-21-10-8-7-9-11-21)41(27(44)20-43)15-14-25(31(47)42(37)19-28(45)46)39-32(48)49-34(4,5)6;3-2(4,5)1(6)7/h7-13,16,18,25,29,43H,14-15,17,19-20,37H2,1-6H3,(H,39,48)(H,45,46);(H,6,7)/t25-,29-;/m0./s1. The Morgan fingerprint density at radius 2 is 1.55 bits per heavy atom. The topological polar surface area (TPSA) is 218 Å². The van der Waals surface area contributed by atoms with Crippen LogP contribution in [-0.2, 0) is 30.5 Å². The number of carbonyl (C=O) groups excluding carboxylic acids is 3. The number of aromatic nitrogens is 2. The second-order valence-electron chi connectivity index (χ2n) is 14.4. The molecule has 308 valence electrons. The van der Waals surface area contributed by atoms with Gasteiger partial charge in [0.1, 0.15) is 42.3 Å². The number of nitrogens with one attached hydrogen (secondary N) is 1. The number of ether oxygens (including phenoxy) is 1. The molecule has 0 radical (unpaired) electrons. The summed E-state index contributed by atoms with van der Waals surface area (Å²) in [4.78, 5) is 65.7. The monoisotopic (exact) mass is 800 g/mol. The number of hydrazine groups is 1. The lowest BCUT2D eigenvalue weighted by molar-refractivity contribution is -0.192. The molecule has 6 N–H and O–H groups in total. The van der Waals surface area contributed by atoms with Crippen molar-refractivity contribution < 1.29 is 66.0 Å². The molecule has 0 aliphatic carbocycles. The quantitative estimate of drug-likeness (QED) is 0.0703. The first-order valence-electron chi connectivity index (χ1n) is 16.8. The Morgan fingerprint density at radius 3 is 2.05 bits per heavy atom. The van der Waals surface area contributed by atoms with Crippen LogP contribution in [0.4, 0.5) is 26.7 Å². The van der Waals surface area contributed by atoms with Crippen LogP contribution in [-0.4, -0.2) is 102 Å². The fourth-order valence-corrected chi connectivity index (χ4v) is 5.26. The van der Waals surface area contributed by atoms with E-state index >= 15 is 0 Å². The maximum atomic E-state index is 15.0. The first kappa shape index (κ1) is 46.5. The van der Waals surface area contributed by atoms with Gasteiger partial charge in [0, 0.05) is 24.8 Å². The van der Waals surface area contributed by atoms with Crippen molar-refractivity contribution in [2.24, 2.45) is 11.3 Å². The summed E-state index contributed by atoms with van der Waals surface area (Å²) in [6.45, 7) is 8.44. The number of nitrogens with two attached hydrogens (primary N) is 1. The summed E-state index contributed by atoms with van der Waals surface area (Å²) >= 11 is 0. The third-order valence-electron chi connectivity index (χ3n) is 7.52. The van der Waals surface area contributed by atoms with Crippen molar-refractivity contribution in [1.29, 1.82) is 0 Å². The lowest BCUT2D eigenvalue weighted by Gasteiger charge is -2.40. The molecular formula is C36H45F5N6O9. The highest BCUT2D eigenvalue weighted by atomic mass is 19.4. The smallest absolute Gasteiger partial charge is 0.480 e. The normalized spacial score (nSPS) is 12.7. The maximum absolute atomic E-state index is 15.0. The Balaban J connectivity index is 0.00000141. The van der Waals surface area contributed by atoms with Crippen LogP contribution in [0.5, 0.6) is 0 Å². The van der Waals surface area contributed by atoms with E-state index in [0.29, 0.717) is 5.01 Å². The molecule has 0 saturated carbocycles. The first-order valence-corrected chi connectivity index (χ1v) is 16.8. The molecule has 0 saturated heterocycles. The number of nitrogens with zero attached hydrogens (tertiary/aromatic N) is 4. The molecule has 1 heterocycles. The third-order valence-corrected chi connectivity index (χ3v) is 7.52. The molecule has 15 nitrogen and oxygen atoms in total. The van der Waals surface area contributed by atoms with Crippen LogP contribution in [0.1, 0.15) is 65.4 Å². The first-order chi connectivity index (χ1) is 25.7. The second-order valence-corrected chi connectivity index (χ2v) is 14.4. The number of aliphatic hydroxyl groups is 1. The largest absolute Gasteiger partial charge is 0.490 e. The van der Waals surface area contributed by atoms with Crippen LogP contribution < -0.4 is 11.2 Å².